The van der Waals surface area contributed by atoms with E-state index in [-0.39, 0.29) is 11.4 Å². The Balaban J connectivity index is 1.96. The molecule has 4 heteroatoms. The Hall–Kier alpha value is -2.49. The number of nitrogens with one attached hydrogen (secondary N) is 1. The van der Waals surface area contributed by atoms with Crippen LogP contribution in [0.25, 0.3) is 0 Å². The molecule has 25 heavy (non-hydrogen) atoms. The van der Waals surface area contributed by atoms with Gasteiger partial charge in [0.25, 0.3) is 0 Å². The van der Waals surface area contributed by atoms with E-state index in [0.717, 1.165) is 22.6 Å². The lowest BCUT2D eigenvalue weighted by Gasteiger charge is -2.27. The zero-order chi connectivity index (χ0) is 18.4. The first-order valence-electron chi connectivity index (χ1n) is 8.54. The predicted octanol–water partition coefficient (Wildman–Crippen LogP) is 5.08. The minimum Gasteiger partial charge on any atom is -0.489 e. The van der Waals surface area contributed by atoms with Gasteiger partial charge in [-0.15, -0.1) is 0 Å². The highest BCUT2D eigenvalue weighted by Gasteiger charge is 2.18. The van der Waals surface area contributed by atoms with Crippen LogP contribution < -0.4 is 10.1 Å². The molecule has 4 nitrogen and oxygen atoms in total. The Morgan fingerprint density at radius 3 is 2.40 bits per heavy atom. The fraction of sp³-hybridized carbons (Fsp3) is 0.381. The number of carbonyl (C=O) groups is 1. The SMILES string of the molecule is Cc1cc(OCc2ccccc2)ccc1NC(=O)N(C)CC(C)(C)C. The van der Waals surface area contributed by atoms with Crippen molar-refractivity contribution in [3.05, 3.63) is 59.7 Å². The van der Waals surface area contributed by atoms with Crippen LogP contribution in [0.2, 0.25) is 0 Å². The van der Waals surface area contributed by atoms with Crippen molar-refractivity contribution in [2.45, 2.75) is 34.3 Å². The predicted molar refractivity (Wildman–Crippen MR) is 103 cm³/mol. The number of rotatable bonds is 5. The zero-order valence-corrected chi connectivity index (χ0v) is 15.8. The molecule has 0 aliphatic rings. The lowest BCUT2D eigenvalue weighted by atomic mass is 9.96. The molecular formula is C21H28N2O2. The van der Waals surface area contributed by atoms with Gasteiger partial charge in [-0.1, -0.05) is 51.1 Å². The molecule has 2 amide bonds. The molecule has 0 bridgehead atoms. The molecule has 0 atom stereocenters. The number of ether oxygens (including phenoxy) is 1. The Bertz CT molecular complexity index is 706. The van der Waals surface area contributed by atoms with Crippen molar-refractivity contribution in [3.63, 3.8) is 0 Å². The van der Waals surface area contributed by atoms with E-state index >= 15 is 0 Å². The third-order valence-electron chi connectivity index (χ3n) is 3.75. The maximum atomic E-state index is 12.3. The molecule has 2 rings (SSSR count). The molecule has 0 heterocycles. The van der Waals surface area contributed by atoms with Gasteiger partial charge in [0.1, 0.15) is 12.4 Å². The van der Waals surface area contributed by atoms with Gasteiger partial charge in [0.15, 0.2) is 0 Å². The van der Waals surface area contributed by atoms with Gasteiger partial charge in [-0.05, 0) is 41.7 Å². The molecule has 1 N–H and O–H groups in total. The molecule has 2 aromatic rings. The van der Waals surface area contributed by atoms with E-state index in [1.165, 1.54) is 0 Å². The van der Waals surface area contributed by atoms with Crippen LogP contribution in [-0.4, -0.2) is 24.5 Å². The van der Waals surface area contributed by atoms with Gasteiger partial charge in [0.2, 0.25) is 0 Å². The average Bonchev–Trinajstić information content (AvgIpc) is 2.54. The van der Waals surface area contributed by atoms with E-state index in [2.05, 4.69) is 26.1 Å². The molecule has 0 radical (unpaired) electrons. The summed E-state index contributed by atoms with van der Waals surface area (Å²) in [5.41, 5.74) is 2.97. The minimum absolute atomic E-state index is 0.0657. The smallest absolute Gasteiger partial charge is 0.321 e. The van der Waals surface area contributed by atoms with E-state index in [4.69, 9.17) is 4.74 Å². The van der Waals surface area contributed by atoms with Gasteiger partial charge in [-0.3, -0.25) is 0 Å². The van der Waals surface area contributed by atoms with Gasteiger partial charge in [-0.25, -0.2) is 4.79 Å². The van der Waals surface area contributed by atoms with E-state index < -0.39 is 0 Å². The molecule has 134 valence electrons. The second-order valence-corrected chi connectivity index (χ2v) is 7.60. The van der Waals surface area contributed by atoms with Gasteiger partial charge < -0.3 is 15.0 Å². The summed E-state index contributed by atoms with van der Waals surface area (Å²) in [6.07, 6.45) is 0. The summed E-state index contributed by atoms with van der Waals surface area (Å²) >= 11 is 0. The van der Waals surface area contributed by atoms with Gasteiger partial charge in [-0.2, -0.15) is 0 Å². The standard InChI is InChI=1S/C21H28N2O2/c1-16-13-18(25-14-17-9-7-6-8-10-17)11-12-19(16)22-20(24)23(5)15-21(2,3)4/h6-13H,14-15H2,1-5H3,(H,22,24). The summed E-state index contributed by atoms with van der Waals surface area (Å²) in [6, 6.07) is 15.7. The van der Waals surface area contributed by atoms with Crippen LogP contribution in [0.1, 0.15) is 31.9 Å². The molecule has 0 saturated carbocycles. The highest BCUT2D eigenvalue weighted by Crippen LogP contribution is 2.23. The molecule has 0 saturated heterocycles. The van der Waals surface area contributed by atoms with Crippen LogP contribution in [0.15, 0.2) is 48.5 Å². The summed E-state index contributed by atoms with van der Waals surface area (Å²) in [4.78, 5) is 14.0. The van der Waals surface area contributed by atoms with Crippen molar-refractivity contribution >= 4 is 11.7 Å². The molecular weight excluding hydrogens is 312 g/mol. The van der Waals surface area contributed by atoms with Gasteiger partial charge in [0, 0.05) is 19.3 Å². The van der Waals surface area contributed by atoms with Crippen molar-refractivity contribution < 1.29 is 9.53 Å². The van der Waals surface area contributed by atoms with Crippen LogP contribution in [-0.2, 0) is 6.61 Å². The highest BCUT2D eigenvalue weighted by molar-refractivity contribution is 5.90. The van der Waals surface area contributed by atoms with Crippen LogP contribution in [0, 0.1) is 12.3 Å². The molecule has 0 unspecified atom stereocenters. The largest absolute Gasteiger partial charge is 0.489 e. The second-order valence-electron chi connectivity index (χ2n) is 7.60. The number of anilines is 1. The average molecular weight is 340 g/mol. The first kappa shape index (κ1) is 18.8. The summed E-state index contributed by atoms with van der Waals surface area (Å²) in [7, 11) is 1.81. The van der Waals surface area contributed by atoms with Gasteiger partial charge >= 0.3 is 6.03 Å². The molecule has 0 aromatic heterocycles. The fourth-order valence-electron chi connectivity index (χ4n) is 2.60. The zero-order valence-electron chi connectivity index (χ0n) is 15.8. The Morgan fingerprint density at radius 1 is 1.12 bits per heavy atom. The number of carbonyl (C=O) groups excluding carboxylic acids is 1. The minimum atomic E-state index is -0.101. The molecule has 0 aliphatic heterocycles. The molecule has 0 fully saturated rings. The monoisotopic (exact) mass is 340 g/mol. The number of urea groups is 1. The van der Waals surface area contributed by atoms with Crippen molar-refractivity contribution in [1.29, 1.82) is 0 Å². The number of nitrogens with zero attached hydrogens (tertiary/aromatic N) is 1. The maximum absolute atomic E-state index is 12.3. The van der Waals surface area contributed by atoms with Crippen molar-refractivity contribution in [2.24, 2.45) is 5.41 Å². The Kier molecular flexibility index (Phi) is 6.07. The van der Waals surface area contributed by atoms with E-state index in [0.29, 0.717) is 13.2 Å². The number of hydrogen-bond acceptors (Lipinski definition) is 2. The Labute approximate surface area is 150 Å². The lowest BCUT2D eigenvalue weighted by Crippen LogP contribution is -2.37. The van der Waals surface area contributed by atoms with Crippen LogP contribution in [0.5, 0.6) is 5.75 Å². The Morgan fingerprint density at radius 2 is 1.80 bits per heavy atom. The maximum Gasteiger partial charge on any atom is 0.321 e. The summed E-state index contributed by atoms with van der Waals surface area (Å²) in [5.74, 6) is 0.794. The van der Waals surface area contributed by atoms with Crippen molar-refractivity contribution in [2.75, 3.05) is 18.9 Å². The third-order valence-corrected chi connectivity index (χ3v) is 3.75. The molecule has 0 spiro atoms. The topological polar surface area (TPSA) is 41.6 Å². The highest BCUT2D eigenvalue weighted by atomic mass is 16.5. The molecule has 2 aromatic carbocycles. The van der Waals surface area contributed by atoms with Crippen molar-refractivity contribution in [3.8, 4) is 5.75 Å². The number of hydrogen-bond donors (Lipinski definition) is 1. The molecule has 0 aliphatic carbocycles. The number of aryl methyl sites for hydroxylation is 1. The number of amides is 2. The second kappa shape index (κ2) is 8.06. The van der Waals surface area contributed by atoms with E-state index in [1.807, 2.05) is 62.5 Å². The number of benzene rings is 2. The van der Waals surface area contributed by atoms with Gasteiger partial charge in [0.05, 0.1) is 0 Å². The fourth-order valence-corrected chi connectivity index (χ4v) is 2.60. The first-order valence-corrected chi connectivity index (χ1v) is 8.54. The quantitative estimate of drug-likeness (QED) is 0.824. The van der Waals surface area contributed by atoms with Crippen LogP contribution >= 0.6 is 0 Å². The van der Waals surface area contributed by atoms with E-state index in [9.17, 15) is 4.79 Å². The summed E-state index contributed by atoms with van der Waals surface area (Å²) in [6.45, 7) is 9.52. The summed E-state index contributed by atoms with van der Waals surface area (Å²) in [5, 5.41) is 2.96. The lowest BCUT2D eigenvalue weighted by molar-refractivity contribution is 0.201. The summed E-state index contributed by atoms with van der Waals surface area (Å²) < 4.78 is 5.82. The third kappa shape index (κ3) is 6.14. The first-order chi connectivity index (χ1) is 11.7. The van der Waals surface area contributed by atoms with Crippen molar-refractivity contribution in [1.82, 2.24) is 4.90 Å². The normalized spacial score (nSPS) is 11.1. The van der Waals surface area contributed by atoms with Crippen LogP contribution in [0.3, 0.4) is 0 Å². The van der Waals surface area contributed by atoms with E-state index in [1.54, 1.807) is 4.90 Å². The van der Waals surface area contributed by atoms with Crippen LogP contribution in [0.4, 0.5) is 10.5 Å².